The molecule has 3 aromatic heterocycles. The number of fused-ring (bicyclic) bond motifs is 2. The fourth-order valence-electron chi connectivity index (χ4n) is 6.92. The summed E-state index contributed by atoms with van der Waals surface area (Å²) in [6.45, 7) is 13.5. The Labute approximate surface area is 291 Å². The number of nitrogens with one attached hydrogen (secondary N) is 2. The third-order valence-corrected chi connectivity index (χ3v) is 13.4. The van der Waals surface area contributed by atoms with Gasteiger partial charge in [-0.1, -0.05) is 60.5 Å². The Morgan fingerprint density at radius 3 is 1.50 bits per heavy atom. The number of hydrogen-bond acceptors (Lipinski definition) is 9. The summed E-state index contributed by atoms with van der Waals surface area (Å²) in [6, 6.07) is 4.64. The predicted octanol–water partition coefficient (Wildman–Crippen LogP) is 8.36. The molecule has 3 heterocycles. The number of ether oxygens (including phenoxy) is 2. The third kappa shape index (κ3) is 6.94. The van der Waals surface area contributed by atoms with Gasteiger partial charge in [-0.3, -0.25) is 9.59 Å². The topological polar surface area (TPSA) is 124 Å². The summed E-state index contributed by atoms with van der Waals surface area (Å²) in [6.07, 6.45) is 7.19. The van der Waals surface area contributed by atoms with Crippen molar-refractivity contribution < 1.29 is 28.7 Å². The molecule has 48 heavy (non-hydrogen) atoms. The molecule has 0 bridgehead atoms. The standard InChI is InChI=1S/C37H47N3O6S2/c1-9-36(3,4)20-14-16-22-26(18-20)47-32(28(22)34(43)45-7)39-30(41)24-12-11-13-25(38-24)31(42)40-33-29(35(44)46-8)23-17-15-21(19-27(23)48-33)37(5,6)10-2/h11-13,20-21H,9-10,14-19H2,1-8H3,(H,39,41)(H,40,42). The van der Waals surface area contributed by atoms with Crippen molar-refractivity contribution in [2.45, 2.75) is 92.9 Å². The minimum atomic E-state index is -0.537. The number of aromatic nitrogens is 1. The lowest BCUT2D eigenvalue weighted by molar-refractivity contribution is 0.0591. The van der Waals surface area contributed by atoms with Crippen LogP contribution in [-0.4, -0.2) is 43.0 Å². The van der Waals surface area contributed by atoms with E-state index in [0.29, 0.717) is 33.0 Å². The number of anilines is 2. The monoisotopic (exact) mass is 693 g/mol. The molecule has 2 amide bonds. The normalized spacial score (nSPS) is 17.6. The molecule has 3 aromatic rings. The number of carbonyl (C=O) groups excluding carboxylic acids is 4. The van der Waals surface area contributed by atoms with Crippen LogP contribution in [0.3, 0.4) is 0 Å². The van der Waals surface area contributed by atoms with Crippen molar-refractivity contribution in [3.63, 3.8) is 0 Å². The van der Waals surface area contributed by atoms with Crippen LogP contribution >= 0.6 is 22.7 Å². The van der Waals surface area contributed by atoms with E-state index in [-0.39, 0.29) is 22.2 Å². The highest BCUT2D eigenvalue weighted by molar-refractivity contribution is 7.17. The van der Waals surface area contributed by atoms with E-state index in [1.54, 1.807) is 6.07 Å². The van der Waals surface area contributed by atoms with E-state index in [0.717, 1.165) is 72.2 Å². The van der Waals surface area contributed by atoms with Gasteiger partial charge in [0.1, 0.15) is 21.4 Å². The Kier molecular flexibility index (Phi) is 10.5. The summed E-state index contributed by atoms with van der Waals surface area (Å²) in [5.74, 6) is -1.10. The van der Waals surface area contributed by atoms with Gasteiger partial charge in [-0.2, -0.15) is 0 Å². The van der Waals surface area contributed by atoms with Gasteiger partial charge in [-0.25, -0.2) is 14.6 Å². The fraction of sp³-hybridized carbons (Fsp3) is 0.541. The molecule has 9 nitrogen and oxygen atoms in total. The van der Waals surface area contributed by atoms with Crippen LogP contribution in [0.1, 0.15) is 130 Å². The molecule has 11 heteroatoms. The van der Waals surface area contributed by atoms with Crippen LogP contribution in [-0.2, 0) is 35.2 Å². The number of hydrogen-bond donors (Lipinski definition) is 2. The molecule has 0 saturated carbocycles. The second-order valence-electron chi connectivity index (χ2n) is 14.3. The lowest BCUT2D eigenvalue weighted by Crippen LogP contribution is -2.28. The third-order valence-electron chi connectivity index (χ3n) is 11.0. The van der Waals surface area contributed by atoms with E-state index in [2.05, 4.69) is 57.2 Å². The van der Waals surface area contributed by atoms with Crippen LogP contribution < -0.4 is 10.6 Å². The Morgan fingerprint density at radius 2 is 1.15 bits per heavy atom. The van der Waals surface area contributed by atoms with Crippen LogP contribution in [0, 0.1) is 22.7 Å². The molecule has 2 atom stereocenters. The zero-order chi connectivity index (χ0) is 35.0. The maximum Gasteiger partial charge on any atom is 0.341 e. The van der Waals surface area contributed by atoms with Crippen molar-refractivity contribution >= 4 is 56.4 Å². The highest BCUT2D eigenvalue weighted by Crippen LogP contribution is 2.47. The number of esters is 2. The molecule has 0 aromatic carbocycles. The Hall–Kier alpha value is -3.57. The number of methoxy groups -OCH3 is 2. The van der Waals surface area contributed by atoms with Crippen molar-refractivity contribution in [1.82, 2.24) is 4.98 Å². The molecule has 5 rings (SSSR count). The van der Waals surface area contributed by atoms with E-state index in [1.165, 1.54) is 49.0 Å². The molecule has 0 saturated heterocycles. The molecule has 0 fully saturated rings. The Balaban J connectivity index is 1.38. The van der Waals surface area contributed by atoms with Crippen LogP contribution in [0.2, 0.25) is 0 Å². The lowest BCUT2D eigenvalue weighted by atomic mass is 9.69. The van der Waals surface area contributed by atoms with Gasteiger partial charge in [-0.15, -0.1) is 22.7 Å². The Bertz CT molecular complexity index is 1610. The molecule has 258 valence electrons. The van der Waals surface area contributed by atoms with Gasteiger partial charge in [0, 0.05) is 9.75 Å². The maximum atomic E-state index is 13.5. The molecule has 2 aliphatic carbocycles. The molecule has 0 radical (unpaired) electrons. The first-order valence-electron chi connectivity index (χ1n) is 16.8. The number of rotatable bonds is 10. The van der Waals surface area contributed by atoms with Crippen molar-refractivity contribution in [3.8, 4) is 0 Å². The van der Waals surface area contributed by atoms with E-state index < -0.39 is 23.8 Å². The molecule has 2 aliphatic rings. The number of thiophene rings is 2. The highest BCUT2D eigenvalue weighted by Gasteiger charge is 2.37. The first kappa shape index (κ1) is 35.7. The first-order chi connectivity index (χ1) is 22.7. The fourth-order valence-corrected chi connectivity index (χ4v) is 9.54. The summed E-state index contributed by atoms with van der Waals surface area (Å²) in [5.41, 5.74) is 3.05. The molecule has 2 unspecified atom stereocenters. The highest BCUT2D eigenvalue weighted by atomic mass is 32.1. The summed E-state index contributed by atoms with van der Waals surface area (Å²) in [4.78, 5) is 59.5. The smallest absolute Gasteiger partial charge is 0.341 e. The first-order valence-corrected chi connectivity index (χ1v) is 18.4. The van der Waals surface area contributed by atoms with Crippen molar-refractivity contribution in [1.29, 1.82) is 0 Å². The van der Waals surface area contributed by atoms with Gasteiger partial charge in [0.05, 0.1) is 25.3 Å². The summed E-state index contributed by atoms with van der Waals surface area (Å²) in [5, 5.41) is 6.65. The van der Waals surface area contributed by atoms with Gasteiger partial charge < -0.3 is 20.1 Å². The number of pyridine rings is 1. The second-order valence-corrected chi connectivity index (χ2v) is 16.5. The number of carbonyl (C=O) groups is 4. The SMILES string of the molecule is CCC(C)(C)C1CCc2c(sc(NC(=O)c3cccc(C(=O)Nc4sc5c(c4C(=O)OC)CCC(C(C)(C)CC)C5)n3)c2C(=O)OC)C1. The predicted molar refractivity (Wildman–Crippen MR) is 191 cm³/mol. The zero-order valence-electron chi connectivity index (χ0n) is 29.3. The van der Waals surface area contributed by atoms with Gasteiger partial charge in [0.15, 0.2) is 0 Å². The van der Waals surface area contributed by atoms with Crippen LogP contribution in [0.5, 0.6) is 0 Å². The van der Waals surface area contributed by atoms with E-state index in [4.69, 9.17) is 9.47 Å². The minimum absolute atomic E-state index is 0.0261. The average molecular weight is 694 g/mol. The number of amides is 2. The zero-order valence-corrected chi connectivity index (χ0v) is 30.9. The van der Waals surface area contributed by atoms with Gasteiger partial charge >= 0.3 is 11.9 Å². The molecule has 0 spiro atoms. The van der Waals surface area contributed by atoms with Crippen molar-refractivity contribution in [2.75, 3.05) is 24.9 Å². The summed E-state index contributed by atoms with van der Waals surface area (Å²) >= 11 is 2.82. The minimum Gasteiger partial charge on any atom is -0.465 e. The van der Waals surface area contributed by atoms with E-state index in [1.807, 2.05) is 0 Å². The molecule has 0 aliphatic heterocycles. The quantitative estimate of drug-likeness (QED) is 0.205. The number of nitrogens with zero attached hydrogens (tertiary/aromatic N) is 1. The largest absolute Gasteiger partial charge is 0.465 e. The van der Waals surface area contributed by atoms with E-state index >= 15 is 0 Å². The lowest BCUT2D eigenvalue weighted by Gasteiger charge is -2.36. The van der Waals surface area contributed by atoms with Crippen molar-refractivity contribution in [2.24, 2.45) is 22.7 Å². The Morgan fingerprint density at radius 1 is 0.750 bits per heavy atom. The van der Waals surface area contributed by atoms with Crippen molar-refractivity contribution in [3.05, 3.63) is 61.6 Å². The molecular formula is C37H47N3O6S2. The van der Waals surface area contributed by atoms with Gasteiger partial charge in [0.2, 0.25) is 0 Å². The van der Waals surface area contributed by atoms with Crippen LogP contribution in [0.4, 0.5) is 10.0 Å². The molecule has 2 N–H and O–H groups in total. The van der Waals surface area contributed by atoms with Crippen LogP contribution in [0.25, 0.3) is 0 Å². The van der Waals surface area contributed by atoms with E-state index in [9.17, 15) is 19.2 Å². The average Bonchev–Trinajstić information content (AvgIpc) is 3.63. The van der Waals surface area contributed by atoms with Crippen LogP contribution in [0.15, 0.2) is 18.2 Å². The summed E-state index contributed by atoms with van der Waals surface area (Å²) in [7, 11) is 2.68. The van der Waals surface area contributed by atoms with Gasteiger partial charge in [0.25, 0.3) is 11.8 Å². The second kappa shape index (κ2) is 14.1. The maximum absolute atomic E-state index is 13.5. The summed E-state index contributed by atoms with van der Waals surface area (Å²) < 4.78 is 10.2. The van der Waals surface area contributed by atoms with Gasteiger partial charge in [-0.05, 0) is 84.5 Å². The molecular weight excluding hydrogens is 647 g/mol.